The van der Waals surface area contributed by atoms with Crippen molar-refractivity contribution in [3.8, 4) is 6.07 Å². The second kappa shape index (κ2) is 3.56. The van der Waals surface area contributed by atoms with Crippen LogP contribution in [0.2, 0.25) is 0 Å². The molecule has 6 heteroatoms. The Balaban J connectivity index is 3.62. The summed E-state index contributed by atoms with van der Waals surface area (Å²) in [5.41, 5.74) is -0.269. The molecule has 0 fully saturated rings. The van der Waals surface area contributed by atoms with Gasteiger partial charge in [-0.25, -0.2) is 12.8 Å². The summed E-state index contributed by atoms with van der Waals surface area (Å²) in [5, 5.41) is 8.56. The predicted molar refractivity (Wildman–Crippen MR) is 48.9 cm³/mol. The number of rotatable bonds is 1. The number of benzene rings is 1. The minimum atomic E-state index is -3.93. The van der Waals surface area contributed by atoms with E-state index in [-0.39, 0.29) is 16.0 Å². The Kier molecular flexibility index (Phi) is 2.79. The molecule has 14 heavy (non-hydrogen) atoms. The zero-order valence-electron chi connectivity index (χ0n) is 7.08. The van der Waals surface area contributed by atoms with E-state index in [1.807, 2.05) is 0 Å². The Morgan fingerprint density at radius 2 is 2.07 bits per heavy atom. The second-order valence-corrected chi connectivity index (χ2v) is 5.13. The van der Waals surface area contributed by atoms with Gasteiger partial charge in [0, 0.05) is 10.7 Å². The molecule has 0 atom stereocenters. The molecule has 0 saturated heterocycles. The molecule has 0 amide bonds. The average Bonchev–Trinajstić information content (AvgIpc) is 2.02. The molecule has 0 aliphatic heterocycles. The van der Waals surface area contributed by atoms with Crippen LogP contribution in [0, 0.1) is 24.1 Å². The monoisotopic (exact) mass is 233 g/mol. The molecule has 0 spiro atoms. The van der Waals surface area contributed by atoms with E-state index in [1.54, 1.807) is 6.07 Å². The molecule has 74 valence electrons. The molecule has 3 nitrogen and oxygen atoms in total. The fourth-order valence-corrected chi connectivity index (χ4v) is 2.26. The smallest absolute Gasteiger partial charge is 0.207 e. The summed E-state index contributed by atoms with van der Waals surface area (Å²) in [4.78, 5) is -0.239. The van der Waals surface area contributed by atoms with Gasteiger partial charge in [0.1, 0.15) is 11.9 Å². The molecule has 1 aromatic carbocycles. The highest BCUT2D eigenvalue weighted by Crippen LogP contribution is 2.23. The number of halogens is 2. The van der Waals surface area contributed by atoms with Gasteiger partial charge in [-0.1, -0.05) is 0 Å². The molecular formula is C8H5ClFNO2S. The summed E-state index contributed by atoms with van der Waals surface area (Å²) in [7, 11) is 1.16. The van der Waals surface area contributed by atoms with E-state index in [1.165, 1.54) is 6.92 Å². The average molecular weight is 234 g/mol. The van der Waals surface area contributed by atoms with Crippen LogP contribution in [0.4, 0.5) is 4.39 Å². The predicted octanol–water partition coefficient (Wildman–Crippen LogP) is 1.93. The fourth-order valence-electron chi connectivity index (χ4n) is 1.06. The van der Waals surface area contributed by atoms with Crippen LogP contribution < -0.4 is 0 Å². The number of hydrogen-bond donors (Lipinski definition) is 0. The first kappa shape index (κ1) is 11.0. The largest absolute Gasteiger partial charge is 0.261 e. The van der Waals surface area contributed by atoms with Gasteiger partial charge in [-0.15, -0.1) is 0 Å². The molecule has 0 aliphatic rings. The molecule has 0 radical (unpaired) electrons. The van der Waals surface area contributed by atoms with E-state index in [4.69, 9.17) is 15.9 Å². The van der Waals surface area contributed by atoms with E-state index in [0.29, 0.717) is 0 Å². The fraction of sp³-hybridized carbons (Fsp3) is 0.125. The SMILES string of the molecule is Cc1c(S(=O)(=O)Cl)ccc(F)c1C#N. The van der Waals surface area contributed by atoms with Crippen LogP contribution in [-0.4, -0.2) is 8.42 Å². The highest BCUT2D eigenvalue weighted by molar-refractivity contribution is 8.13. The van der Waals surface area contributed by atoms with Crippen molar-refractivity contribution in [2.75, 3.05) is 0 Å². The van der Waals surface area contributed by atoms with Crippen molar-refractivity contribution < 1.29 is 12.8 Å². The summed E-state index contributed by atoms with van der Waals surface area (Å²) in [6.45, 7) is 1.33. The van der Waals surface area contributed by atoms with E-state index < -0.39 is 14.9 Å². The minimum Gasteiger partial charge on any atom is -0.207 e. The molecule has 0 saturated carbocycles. The van der Waals surface area contributed by atoms with Crippen molar-refractivity contribution in [3.63, 3.8) is 0 Å². The molecule has 0 unspecified atom stereocenters. The van der Waals surface area contributed by atoms with Crippen molar-refractivity contribution in [3.05, 3.63) is 29.1 Å². The maximum atomic E-state index is 13.0. The topological polar surface area (TPSA) is 57.9 Å². The van der Waals surface area contributed by atoms with Crippen molar-refractivity contribution in [2.45, 2.75) is 11.8 Å². The third-order valence-electron chi connectivity index (χ3n) is 1.74. The highest BCUT2D eigenvalue weighted by atomic mass is 35.7. The zero-order valence-corrected chi connectivity index (χ0v) is 8.66. The summed E-state index contributed by atoms with van der Waals surface area (Å²) >= 11 is 0. The van der Waals surface area contributed by atoms with Crippen LogP contribution in [0.25, 0.3) is 0 Å². The number of nitrogens with zero attached hydrogens (tertiary/aromatic N) is 1. The maximum absolute atomic E-state index is 13.0. The first-order chi connectivity index (χ1) is 6.38. The van der Waals surface area contributed by atoms with Gasteiger partial charge in [0.05, 0.1) is 10.5 Å². The van der Waals surface area contributed by atoms with Crippen LogP contribution in [-0.2, 0) is 9.05 Å². The zero-order chi connectivity index (χ0) is 10.9. The molecule has 1 rings (SSSR count). The summed E-state index contributed by atoms with van der Waals surface area (Å²) < 4.78 is 34.9. The third kappa shape index (κ3) is 1.86. The summed E-state index contributed by atoms with van der Waals surface area (Å²) in [5.74, 6) is -0.755. The molecule has 0 bridgehead atoms. The Morgan fingerprint density at radius 1 is 1.50 bits per heavy atom. The van der Waals surface area contributed by atoms with E-state index >= 15 is 0 Å². The van der Waals surface area contributed by atoms with Gasteiger partial charge in [-0.05, 0) is 24.6 Å². The van der Waals surface area contributed by atoms with Gasteiger partial charge in [0.25, 0.3) is 9.05 Å². The van der Waals surface area contributed by atoms with E-state index in [0.717, 1.165) is 12.1 Å². The summed E-state index contributed by atoms with van der Waals surface area (Å²) in [6.07, 6.45) is 0. The van der Waals surface area contributed by atoms with Gasteiger partial charge >= 0.3 is 0 Å². The minimum absolute atomic E-state index is 0.0301. The lowest BCUT2D eigenvalue weighted by molar-refractivity contribution is 0.605. The Bertz CT molecular complexity index is 519. The quantitative estimate of drug-likeness (QED) is 0.697. The van der Waals surface area contributed by atoms with Crippen LogP contribution in [0.1, 0.15) is 11.1 Å². The van der Waals surface area contributed by atoms with Crippen molar-refractivity contribution in [2.24, 2.45) is 0 Å². The highest BCUT2D eigenvalue weighted by Gasteiger charge is 2.18. The first-order valence-corrected chi connectivity index (χ1v) is 5.82. The lowest BCUT2D eigenvalue weighted by Crippen LogP contribution is -1.99. The van der Waals surface area contributed by atoms with Gasteiger partial charge in [0.15, 0.2) is 0 Å². The third-order valence-corrected chi connectivity index (χ3v) is 3.21. The molecular weight excluding hydrogens is 229 g/mol. The number of nitriles is 1. The first-order valence-electron chi connectivity index (χ1n) is 3.52. The standard InChI is InChI=1S/C8H5ClFNO2S/c1-5-6(4-11)7(10)2-3-8(5)14(9,12)13/h2-3H,1H3. The molecule has 0 heterocycles. The Hall–Kier alpha value is -1.12. The van der Waals surface area contributed by atoms with Crippen LogP contribution in [0.3, 0.4) is 0 Å². The van der Waals surface area contributed by atoms with Crippen LogP contribution in [0.5, 0.6) is 0 Å². The van der Waals surface area contributed by atoms with Gasteiger partial charge < -0.3 is 0 Å². The van der Waals surface area contributed by atoms with Crippen LogP contribution >= 0.6 is 10.7 Å². The lowest BCUT2D eigenvalue weighted by Gasteiger charge is -2.03. The van der Waals surface area contributed by atoms with Gasteiger partial charge in [-0.2, -0.15) is 5.26 Å². The molecule has 0 N–H and O–H groups in total. The Labute approximate surface area is 85.2 Å². The van der Waals surface area contributed by atoms with E-state index in [2.05, 4.69) is 0 Å². The normalized spacial score (nSPS) is 11.0. The van der Waals surface area contributed by atoms with E-state index in [9.17, 15) is 12.8 Å². The summed E-state index contributed by atoms with van der Waals surface area (Å²) in [6, 6.07) is 3.52. The lowest BCUT2D eigenvalue weighted by atomic mass is 10.1. The maximum Gasteiger partial charge on any atom is 0.261 e. The van der Waals surface area contributed by atoms with Crippen molar-refractivity contribution in [1.29, 1.82) is 5.26 Å². The van der Waals surface area contributed by atoms with Crippen molar-refractivity contribution in [1.82, 2.24) is 0 Å². The molecule has 0 aliphatic carbocycles. The molecule has 1 aromatic rings. The Morgan fingerprint density at radius 3 is 2.50 bits per heavy atom. The van der Waals surface area contributed by atoms with Crippen LogP contribution in [0.15, 0.2) is 17.0 Å². The van der Waals surface area contributed by atoms with Gasteiger partial charge in [-0.3, -0.25) is 0 Å². The molecule has 0 aromatic heterocycles. The second-order valence-electron chi connectivity index (χ2n) is 2.60. The van der Waals surface area contributed by atoms with Crippen molar-refractivity contribution >= 4 is 19.7 Å². The number of hydrogen-bond acceptors (Lipinski definition) is 3. The van der Waals surface area contributed by atoms with Gasteiger partial charge in [0.2, 0.25) is 0 Å².